The first-order valence-electron chi connectivity index (χ1n) is 18.6. The molecule has 0 aliphatic rings. The van der Waals surface area contributed by atoms with E-state index in [4.69, 9.17) is 0 Å². The molecule has 0 aromatic carbocycles. The molecule has 264 valence electrons. The maximum atomic E-state index is 11.8. The fourth-order valence-electron chi connectivity index (χ4n) is 5.59. The van der Waals surface area contributed by atoms with Crippen LogP contribution in [0.15, 0.2) is 0 Å². The first-order valence-corrected chi connectivity index (χ1v) is 18.6. The van der Waals surface area contributed by atoms with Gasteiger partial charge in [-0.3, -0.25) is 9.59 Å². The molecule has 0 saturated heterocycles. The summed E-state index contributed by atoms with van der Waals surface area (Å²) in [6, 6.07) is 0. The first-order chi connectivity index (χ1) is 20.6. The fraction of sp³-hybridized carbons (Fsp3) is 0.919. The van der Waals surface area contributed by atoms with Crippen LogP contribution in [0.5, 0.6) is 0 Å². The molecule has 5 nitrogen and oxygen atoms in total. The molecule has 0 spiro atoms. The van der Waals surface area contributed by atoms with Crippen molar-refractivity contribution in [1.82, 2.24) is 0 Å². The molecule has 0 heterocycles. The Bertz CT molecular complexity index is 573. The van der Waals surface area contributed by atoms with Gasteiger partial charge in [0, 0.05) is 12.8 Å². The van der Waals surface area contributed by atoms with Crippen LogP contribution in [0.3, 0.4) is 0 Å². The van der Waals surface area contributed by atoms with Crippen LogP contribution in [-0.4, -0.2) is 169 Å². The van der Waals surface area contributed by atoms with Crippen molar-refractivity contribution in [3.8, 4) is 0 Å². The maximum absolute atomic E-state index is 11.8. The summed E-state index contributed by atoms with van der Waals surface area (Å²) < 4.78 is 9.30. The van der Waals surface area contributed by atoms with Crippen LogP contribution in [0.25, 0.3) is 0 Å². The van der Waals surface area contributed by atoms with Crippen molar-refractivity contribution in [1.29, 1.82) is 0 Å². The summed E-state index contributed by atoms with van der Waals surface area (Å²) in [4.78, 5) is 35.4. The number of carbonyl (C=O) groups excluding carboxylic acids is 3. The molecule has 0 unspecified atom stereocenters. The van der Waals surface area contributed by atoms with Gasteiger partial charge in [-0.15, -0.1) is 0 Å². The topological polar surface area (TPSA) is 69.7 Å². The van der Waals surface area contributed by atoms with E-state index in [9.17, 15) is 14.4 Å². The molecule has 0 fully saturated rings. The van der Waals surface area contributed by atoms with Gasteiger partial charge in [-0.25, -0.2) is 4.79 Å². The molecule has 0 aliphatic heterocycles. The Hall–Kier alpha value is 3.65. The van der Waals surface area contributed by atoms with Crippen molar-refractivity contribution in [3.63, 3.8) is 0 Å². The molecule has 0 bridgehead atoms. The van der Waals surface area contributed by atoms with Crippen LogP contribution in [0.2, 0.25) is 0 Å². The standard InChI is InChI=1S/C37H70O5.4Ca.8H/c1-3-5-7-9-11-13-15-17-19-21-23-25-27-29-31-33-35(38)41-37(40)42-36(39)34-32-30-28-26-24-22-20-18-16-14-12-10-8-6-4-2;;;;;;;;;;;;/h3-34H2,1-2H3;;;;;;;;;;;;. The second-order valence-electron chi connectivity index (χ2n) is 12.6. The molecular formula is C37H78Ca4O5. The number of hydrogen-bond acceptors (Lipinski definition) is 5. The van der Waals surface area contributed by atoms with Crippen LogP contribution in [-0.2, 0) is 19.1 Å². The molecule has 46 heavy (non-hydrogen) atoms. The molecule has 0 aromatic heterocycles. The summed E-state index contributed by atoms with van der Waals surface area (Å²) in [5, 5.41) is 0. The summed E-state index contributed by atoms with van der Waals surface area (Å²) in [7, 11) is 0. The Morgan fingerprint density at radius 2 is 0.478 bits per heavy atom. The van der Waals surface area contributed by atoms with Crippen molar-refractivity contribution in [2.24, 2.45) is 0 Å². The molecule has 0 N–H and O–H groups in total. The molecule has 9 heteroatoms. The van der Waals surface area contributed by atoms with E-state index in [1.807, 2.05) is 0 Å². The minimum atomic E-state index is -1.17. The average Bonchev–Trinajstić information content (AvgIpc) is 2.97. The zero-order valence-corrected chi connectivity index (χ0v) is 28.2. The van der Waals surface area contributed by atoms with E-state index in [2.05, 4.69) is 23.3 Å². The summed E-state index contributed by atoms with van der Waals surface area (Å²) in [5.41, 5.74) is 0. The molecule has 0 amide bonds. The average molecular weight is 763 g/mol. The Morgan fingerprint density at radius 3 is 0.674 bits per heavy atom. The summed E-state index contributed by atoms with van der Waals surface area (Å²) in [6.45, 7) is 4.53. The van der Waals surface area contributed by atoms with Crippen LogP contribution >= 0.6 is 0 Å². The van der Waals surface area contributed by atoms with Crippen molar-refractivity contribution in [3.05, 3.63) is 0 Å². The van der Waals surface area contributed by atoms with Crippen LogP contribution < -0.4 is 0 Å². The van der Waals surface area contributed by atoms with E-state index < -0.39 is 18.1 Å². The molecule has 0 rings (SSSR count). The van der Waals surface area contributed by atoms with E-state index in [0.717, 1.165) is 25.7 Å². The minimum absolute atomic E-state index is 0. The number of unbranched alkanes of at least 4 members (excludes halogenated alkanes) is 28. The van der Waals surface area contributed by atoms with Crippen molar-refractivity contribution < 1.29 is 23.9 Å². The molecule has 0 aliphatic carbocycles. The number of ether oxygens (including phenoxy) is 2. The number of hydrogen-bond donors (Lipinski definition) is 0. The van der Waals surface area contributed by atoms with Gasteiger partial charge in [-0.2, -0.15) is 0 Å². The van der Waals surface area contributed by atoms with E-state index in [-0.39, 0.29) is 164 Å². The van der Waals surface area contributed by atoms with Gasteiger partial charge < -0.3 is 9.47 Å². The van der Waals surface area contributed by atoms with E-state index in [1.165, 1.54) is 154 Å². The van der Waals surface area contributed by atoms with Gasteiger partial charge in [0.1, 0.15) is 0 Å². The Labute approximate surface area is 405 Å². The molecule has 0 aromatic rings. The van der Waals surface area contributed by atoms with Gasteiger partial charge in [0.15, 0.2) is 0 Å². The SMILES string of the molecule is CCCCCCCCCCCCCCCCCC(=O)OC(=O)OC(=O)CCCCCCCCCCCCCCCCC.[CaH2].[CaH2].[CaH2].[CaH2]. The van der Waals surface area contributed by atoms with Gasteiger partial charge in [0.2, 0.25) is 0 Å². The molecular weight excluding hydrogens is 685 g/mol. The van der Waals surface area contributed by atoms with Crippen LogP contribution in [0.1, 0.15) is 219 Å². The quantitative estimate of drug-likeness (QED) is 0.0296. The number of esters is 2. The molecule has 0 saturated carbocycles. The summed E-state index contributed by atoms with van der Waals surface area (Å²) in [6.07, 6.45) is 37.0. The Kier molecular flexibility index (Phi) is 65.0. The van der Waals surface area contributed by atoms with E-state index in [1.54, 1.807) is 0 Å². The van der Waals surface area contributed by atoms with E-state index >= 15 is 0 Å². The third-order valence-corrected chi connectivity index (χ3v) is 8.36. The van der Waals surface area contributed by atoms with Crippen molar-refractivity contribution in [2.45, 2.75) is 219 Å². The summed E-state index contributed by atoms with van der Waals surface area (Å²) >= 11 is 0. The zero-order valence-electron chi connectivity index (χ0n) is 28.2. The van der Waals surface area contributed by atoms with E-state index in [0.29, 0.717) is 12.8 Å². The molecule has 0 radical (unpaired) electrons. The third kappa shape index (κ3) is 49.8. The van der Waals surface area contributed by atoms with Crippen molar-refractivity contribution in [2.75, 3.05) is 0 Å². The predicted molar refractivity (Wildman–Crippen MR) is 211 cm³/mol. The monoisotopic (exact) mass is 762 g/mol. The Balaban J connectivity index is -0.00000140. The number of carbonyl (C=O) groups is 3. The van der Waals surface area contributed by atoms with Gasteiger partial charge in [0.05, 0.1) is 0 Å². The zero-order chi connectivity index (χ0) is 30.8. The number of rotatable bonds is 32. The second-order valence-corrected chi connectivity index (χ2v) is 12.6. The predicted octanol–water partition coefficient (Wildman–Crippen LogP) is 9.05. The fourth-order valence-corrected chi connectivity index (χ4v) is 5.59. The van der Waals surface area contributed by atoms with Gasteiger partial charge >= 0.3 is 169 Å². The Morgan fingerprint density at radius 1 is 0.304 bits per heavy atom. The normalized spacial score (nSPS) is 10.1. The third-order valence-electron chi connectivity index (χ3n) is 8.36. The molecule has 0 atom stereocenters. The van der Waals surface area contributed by atoms with Gasteiger partial charge in [0.25, 0.3) is 0 Å². The van der Waals surface area contributed by atoms with Crippen LogP contribution in [0.4, 0.5) is 4.79 Å². The second kappa shape index (κ2) is 50.8. The van der Waals surface area contributed by atoms with Gasteiger partial charge in [-0.05, 0) is 12.8 Å². The van der Waals surface area contributed by atoms with Crippen molar-refractivity contribution >= 4 is 169 Å². The van der Waals surface area contributed by atoms with Crippen LogP contribution in [0, 0.1) is 0 Å². The summed E-state index contributed by atoms with van der Waals surface area (Å²) in [5.74, 6) is -1.20. The first kappa shape index (κ1) is 58.9. The van der Waals surface area contributed by atoms with Gasteiger partial charge in [-0.1, -0.05) is 194 Å².